The minimum atomic E-state index is -0.947. The predicted octanol–water partition coefficient (Wildman–Crippen LogP) is 0.237. The number of benzene rings is 1. The van der Waals surface area contributed by atoms with Gasteiger partial charge in [0.2, 0.25) is 11.8 Å². The zero-order valence-electron chi connectivity index (χ0n) is 13.9. The number of anilines is 1. The third kappa shape index (κ3) is 3.12. The van der Waals surface area contributed by atoms with E-state index >= 15 is 0 Å². The fraction of sp³-hybridized carbons (Fsp3) is 0.412. The maximum Gasteiger partial charge on any atom is 0.262 e. The van der Waals surface area contributed by atoms with Gasteiger partial charge in [0, 0.05) is 18.2 Å². The van der Waals surface area contributed by atoms with Crippen LogP contribution in [0.15, 0.2) is 18.2 Å². The summed E-state index contributed by atoms with van der Waals surface area (Å²) in [5.41, 5.74) is 6.78. The Kier molecular flexibility index (Phi) is 4.54. The molecule has 1 aromatic carbocycles. The Morgan fingerprint density at radius 1 is 1.24 bits per heavy atom. The average molecular weight is 344 g/mol. The summed E-state index contributed by atoms with van der Waals surface area (Å²) in [5.74, 6) is -2.01. The Morgan fingerprint density at radius 2 is 1.96 bits per heavy atom. The largest absolute Gasteiger partial charge is 0.383 e. The van der Waals surface area contributed by atoms with Crippen molar-refractivity contribution in [2.75, 3.05) is 11.9 Å². The first-order valence-corrected chi connectivity index (χ1v) is 8.24. The van der Waals surface area contributed by atoms with E-state index in [-0.39, 0.29) is 30.0 Å². The number of rotatable bonds is 5. The average Bonchev–Trinajstić information content (AvgIpc) is 2.79. The summed E-state index contributed by atoms with van der Waals surface area (Å²) < 4.78 is 0. The van der Waals surface area contributed by atoms with Crippen LogP contribution in [0.1, 0.15) is 46.9 Å². The van der Waals surface area contributed by atoms with E-state index in [0.29, 0.717) is 12.2 Å². The molecule has 2 atom stereocenters. The summed E-state index contributed by atoms with van der Waals surface area (Å²) in [6, 6.07) is 4.11. The van der Waals surface area contributed by atoms with Crippen molar-refractivity contribution in [2.24, 2.45) is 5.73 Å². The van der Waals surface area contributed by atoms with Gasteiger partial charge in [-0.15, -0.1) is 0 Å². The molecular formula is C17H20N4O4. The third-order valence-electron chi connectivity index (χ3n) is 4.45. The SMILES string of the molecule is CC(CCN)Nc1ccc2c(c1)C(=O)N(C1CCC(=O)NC1=O)C2=O. The molecule has 0 spiro atoms. The number of hydrogen-bond acceptors (Lipinski definition) is 6. The molecular weight excluding hydrogens is 324 g/mol. The first kappa shape index (κ1) is 17.1. The Bertz CT molecular complexity index is 761. The molecule has 3 rings (SSSR count). The van der Waals surface area contributed by atoms with Crippen molar-refractivity contribution in [3.63, 3.8) is 0 Å². The lowest BCUT2D eigenvalue weighted by Gasteiger charge is -2.27. The van der Waals surface area contributed by atoms with Crippen LogP contribution >= 0.6 is 0 Å². The number of nitrogens with zero attached hydrogens (tertiary/aromatic N) is 1. The fourth-order valence-electron chi connectivity index (χ4n) is 3.17. The summed E-state index contributed by atoms with van der Waals surface area (Å²) in [7, 11) is 0. The van der Waals surface area contributed by atoms with Crippen LogP contribution in [-0.4, -0.2) is 47.2 Å². The third-order valence-corrected chi connectivity index (χ3v) is 4.45. The zero-order valence-corrected chi connectivity index (χ0v) is 13.9. The molecule has 0 radical (unpaired) electrons. The highest BCUT2D eigenvalue weighted by atomic mass is 16.2. The Labute approximate surface area is 144 Å². The van der Waals surface area contributed by atoms with E-state index < -0.39 is 29.7 Å². The number of piperidine rings is 1. The highest BCUT2D eigenvalue weighted by Gasteiger charge is 2.44. The van der Waals surface area contributed by atoms with Crippen molar-refractivity contribution in [2.45, 2.75) is 38.3 Å². The highest BCUT2D eigenvalue weighted by Crippen LogP contribution is 2.29. The molecule has 2 heterocycles. The van der Waals surface area contributed by atoms with Crippen LogP contribution in [0.5, 0.6) is 0 Å². The Hall–Kier alpha value is -2.74. The van der Waals surface area contributed by atoms with Crippen LogP contribution in [0.25, 0.3) is 0 Å². The summed E-state index contributed by atoms with van der Waals surface area (Å²) in [5, 5.41) is 5.41. The maximum atomic E-state index is 12.7. The Morgan fingerprint density at radius 3 is 2.64 bits per heavy atom. The zero-order chi connectivity index (χ0) is 18.1. The van der Waals surface area contributed by atoms with Gasteiger partial charge in [0.05, 0.1) is 11.1 Å². The van der Waals surface area contributed by atoms with Crippen molar-refractivity contribution in [3.05, 3.63) is 29.3 Å². The van der Waals surface area contributed by atoms with Crippen LogP contribution < -0.4 is 16.4 Å². The van der Waals surface area contributed by atoms with Crippen molar-refractivity contribution >= 4 is 29.3 Å². The minimum Gasteiger partial charge on any atom is -0.383 e. The standard InChI is InChI=1S/C17H20N4O4/c1-9(6-7-18)19-10-2-3-11-12(8-10)17(25)21(16(11)24)13-4-5-14(22)20-15(13)23/h2-3,8-9,13,19H,4-7,18H2,1H3,(H,20,22,23). The number of hydrogen-bond donors (Lipinski definition) is 3. The molecule has 1 saturated heterocycles. The molecule has 1 fully saturated rings. The van der Waals surface area contributed by atoms with Crippen LogP contribution in [0, 0.1) is 0 Å². The number of amides is 4. The van der Waals surface area contributed by atoms with Crippen LogP contribution in [0.2, 0.25) is 0 Å². The van der Waals surface area contributed by atoms with Crippen LogP contribution in [0.4, 0.5) is 5.69 Å². The summed E-state index contributed by atoms with van der Waals surface area (Å²) in [6.07, 6.45) is 1.02. The van der Waals surface area contributed by atoms with Gasteiger partial charge < -0.3 is 11.1 Å². The molecule has 0 aliphatic carbocycles. The van der Waals surface area contributed by atoms with Gasteiger partial charge in [-0.1, -0.05) is 0 Å². The van der Waals surface area contributed by atoms with E-state index in [1.54, 1.807) is 18.2 Å². The van der Waals surface area contributed by atoms with Gasteiger partial charge in [-0.25, -0.2) is 0 Å². The molecule has 4 N–H and O–H groups in total. The summed E-state index contributed by atoms with van der Waals surface area (Å²) >= 11 is 0. The van der Waals surface area contributed by atoms with Crippen molar-refractivity contribution in [1.82, 2.24) is 10.2 Å². The molecule has 4 amide bonds. The molecule has 2 unspecified atom stereocenters. The van der Waals surface area contributed by atoms with E-state index in [4.69, 9.17) is 5.73 Å². The van der Waals surface area contributed by atoms with Gasteiger partial charge >= 0.3 is 0 Å². The normalized spacial score (nSPS) is 21.2. The van der Waals surface area contributed by atoms with E-state index in [0.717, 1.165) is 11.3 Å². The number of nitrogens with two attached hydrogens (primary N) is 1. The van der Waals surface area contributed by atoms with E-state index in [1.165, 1.54) is 0 Å². The second kappa shape index (κ2) is 6.64. The molecule has 2 aliphatic heterocycles. The van der Waals surface area contributed by atoms with Gasteiger partial charge in [0.25, 0.3) is 11.8 Å². The van der Waals surface area contributed by atoms with E-state index in [9.17, 15) is 19.2 Å². The molecule has 25 heavy (non-hydrogen) atoms. The number of fused-ring (bicyclic) bond motifs is 1. The van der Waals surface area contributed by atoms with Gasteiger partial charge in [-0.3, -0.25) is 29.4 Å². The van der Waals surface area contributed by atoms with Crippen molar-refractivity contribution < 1.29 is 19.2 Å². The van der Waals surface area contributed by atoms with E-state index in [2.05, 4.69) is 10.6 Å². The molecule has 0 aromatic heterocycles. The Balaban J connectivity index is 1.84. The second-order valence-electron chi connectivity index (χ2n) is 6.33. The van der Waals surface area contributed by atoms with Gasteiger partial charge in [0.15, 0.2) is 0 Å². The lowest BCUT2D eigenvalue weighted by molar-refractivity contribution is -0.136. The summed E-state index contributed by atoms with van der Waals surface area (Å²) in [4.78, 5) is 49.5. The second-order valence-corrected chi connectivity index (χ2v) is 6.33. The van der Waals surface area contributed by atoms with Crippen molar-refractivity contribution in [3.8, 4) is 0 Å². The minimum absolute atomic E-state index is 0.104. The first-order chi connectivity index (χ1) is 11.9. The molecule has 1 aromatic rings. The first-order valence-electron chi connectivity index (χ1n) is 8.24. The predicted molar refractivity (Wildman–Crippen MR) is 89.9 cm³/mol. The monoisotopic (exact) mass is 344 g/mol. The molecule has 2 aliphatic rings. The molecule has 0 saturated carbocycles. The molecule has 8 heteroatoms. The molecule has 8 nitrogen and oxygen atoms in total. The van der Waals surface area contributed by atoms with Gasteiger partial charge in [0.1, 0.15) is 6.04 Å². The maximum absolute atomic E-state index is 12.7. The highest BCUT2D eigenvalue weighted by molar-refractivity contribution is 6.23. The van der Waals surface area contributed by atoms with Crippen LogP contribution in [-0.2, 0) is 9.59 Å². The lowest BCUT2D eigenvalue weighted by Crippen LogP contribution is -2.54. The van der Waals surface area contributed by atoms with Crippen molar-refractivity contribution in [1.29, 1.82) is 0 Å². The molecule has 132 valence electrons. The quantitative estimate of drug-likeness (QED) is 0.658. The summed E-state index contributed by atoms with van der Waals surface area (Å²) in [6.45, 7) is 2.52. The van der Waals surface area contributed by atoms with E-state index in [1.807, 2.05) is 6.92 Å². The smallest absolute Gasteiger partial charge is 0.262 e. The van der Waals surface area contributed by atoms with Crippen LogP contribution in [0.3, 0.4) is 0 Å². The lowest BCUT2D eigenvalue weighted by atomic mass is 10.0. The number of carbonyl (C=O) groups is 4. The van der Waals surface area contributed by atoms with Gasteiger partial charge in [-0.2, -0.15) is 0 Å². The topological polar surface area (TPSA) is 122 Å². The number of nitrogens with one attached hydrogen (secondary N) is 2. The fourth-order valence-corrected chi connectivity index (χ4v) is 3.17. The van der Waals surface area contributed by atoms with Gasteiger partial charge in [-0.05, 0) is 44.5 Å². The number of carbonyl (C=O) groups excluding carboxylic acids is 4. The molecule has 0 bridgehead atoms. The number of imide groups is 2.